The molecule has 3 rings (SSSR count). The Kier molecular flexibility index (Phi) is 6.51. The maximum Gasteiger partial charge on any atom is 0.224 e. The van der Waals surface area contributed by atoms with Crippen molar-refractivity contribution in [2.45, 2.75) is 48.8 Å². The van der Waals surface area contributed by atoms with Crippen LogP contribution in [0.5, 0.6) is 0 Å². The summed E-state index contributed by atoms with van der Waals surface area (Å²) in [7, 11) is 0. The number of thiazole rings is 1. The summed E-state index contributed by atoms with van der Waals surface area (Å²) in [6.07, 6.45) is 3.98. The number of anilines is 1. The Morgan fingerprint density at radius 2 is 2.16 bits per heavy atom. The maximum absolute atomic E-state index is 12.2. The van der Waals surface area contributed by atoms with Crippen LogP contribution in [0.1, 0.15) is 36.9 Å². The summed E-state index contributed by atoms with van der Waals surface area (Å²) in [5.74, 6) is 0.811. The minimum atomic E-state index is 0.123. The largest absolute Gasteiger partial charge is 0.326 e. The molecule has 1 aromatic carbocycles. The molecule has 0 unspecified atom stereocenters. The van der Waals surface area contributed by atoms with Crippen LogP contribution in [-0.4, -0.2) is 24.0 Å². The first-order valence-corrected chi connectivity index (χ1v) is 10.5. The average molecular weight is 376 g/mol. The van der Waals surface area contributed by atoms with Gasteiger partial charge < -0.3 is 10.6 Å². The minimum Gasteiger partial charge on any atom is -0.326 e. The Labute approximate surface area is 157 Å². The van der Waals surface area contributed by atoms with Gasteiger partial charge in [0.25, 0.3) is 0 Å². The monoisotopic (exact) mass is 375 g/mol. The van der Waals surface area contributed by atoms with Crippen LogP contribution in [0.2, 0.25) is 0 Å². The topological polar surface area (TPSA) is 54.0 Å². The zero-order chi connectivity index (χ0) is 17.6. The second-order valence-electron chi connectivity index (χ2n) is 6.61. The lowest BCUT2D eigenvalue weighted by Crippen LogP contribution is -2.28. The van der Waals surface area contributed by atoms with Crippen LogP contribution in [0.25, 0.3) is 0 Å². The van der Waals surface area contributed by atoms with E-state index in [1.807, 2.05) is 19.9 Å². The number of benzene rings is 1. The van der Waals surface area contributed by atoms with Gasteiger partial charge in [0.15, 0.2) is 4.34 Å². The number of carbonyl (C=O) groups is 1. The van der Waals surface area contributed by atoms with Gasteiger partial charge in [-0.15, -0.1) is 11.3 Å². The molecular formula is C19H25N3OS2. The molecule has 2 heterocycles. The van der Waals surface area contributed by atoms with Gasteiger partial charge in [0, 0.05) is 28.1 Å². The second-order valence-corrected chi connectivity index (χ2v) is 8.79. The van der Waals surface area contributed by atoms with Crippen molar-refractivity contribution in [2.24, 2.45) is 5.92 Å². The normalized spacial score (nSPS) is 15.3. The molecule has 1 aliphatic heterocycles. The smallest absolute Gasteiger partial charge is 0.224 e. The number of aryl methyl sites for hydroxylation is 2. The SMILES string of the molecule is Cc1csc(Sc2ccc(NC(=O)CCC3CCNCC3)c(C)c2)n1. The fraction of sp³-hybridized carbons (Fsp3) is 0.474. The van der Waals surface area contributed by atoms with E-state index < -0.39 is 0 Å². The summed E-state index contributed by atoms with van der Waals surface area (Å²) in [6.45, 7) is 6.22. The minimum absolute atomic E-state index is 0.123. The number of hydrogen-bond acceptors (Lipinski definition) is 5. The number of aromatic nitrogens is 1. The average Bonchev–Trinajstić information content (AvgIpc) is 3.01. The van der Waals surface area contributed by atoms with Crippen molar-refractivity contribution in [1.29, 1.82) is 0 Å². The molecule has 0 bridgehead atoms. The molecule has 1 amide bonds. The van der Waals surface area contributed by atoms with Gasteiger partial charge in [0.2, 0.25) is 5.91 Å². The van der Waals surface area contributed by atoms with Crippen LogP contribution in [0.3, 0.4) is 0 Å². The second kappa shape index (κ2) is 8.83. The molecule has 0 radical (unpaired) electrons. The molecule has 6 heteroatoms. The molecule has 0 aliphatic carbocycles. The third-order valence-electron chi connectivity index (χ3n) is 4.51. The van der Waals surface area contributed by atoms with Crippen LogP contribution in [0, 0.1) is 19.8 Å². The molecule has 4 nitrogen and oxygen atoms in total. The van der Waals surface area contributed by atoms with Crippen LogP contribution in [0.15, 0.2) is 32.8 Å². The maximum atomic E-state index is 12.2. The van der Waals surface area contributed by atoms with Gasteiger partial charge in [-0.1, -0.05) is 11.8 Å². The van der Waals surface area contributed by atoms with Crippen LogP contribution < -0.4 is 10.6 Å². The van der Waals surface area contributed by atoms with Crippen molar-refractivity contribution < 1.29 is 4.79 Å². The molecule has 25 heavy (non-hydrogen) atoms. The lowest BCUT2D eigenvalue weighted by molar-refractivity contribution is -0.116. The molecule has 2 aromatic rings. The van der Waals surface area contributed by atoms with E-state index in [2.05, 4.69) is 33.1 Å². The van der Waals surface area contributed by atoms with Crippen molar-refractivity contribution >= 4 is 34.7 Å². The van der Waals surface area contributed by atoms with Crippen molar-refractivity contribution in [3.05, 3.63) is 34.8 Å². The number of nitrogens with one attached hydrogen (secondary N) is 2. The highest BCUT2D eigenvalue weighted by Gasteiger charge is 2.15. The van der Waals surface area contributed by atoms with Crippen LogP contribution in [0.4, 0.5) is 5.69 Å². The molecule has 1 saturated heterocycles. The number of rotatable bonds is 6. The first kappa shape index (κ1) is 18.4. The zero-order valence-corrected chi connectivity index (χ0v) is 16.4. The van der Waals surface area contributed by atoms with Gasteiger partial charge in [-0.3, -0.25) is 4.79 Å². The number of amides is 1. The van der Waals surface area contributed by atoms with Crippen molar-refractivity contribution in [1.82, 2.24) is 10.3 Å². The molecular weight excluding hydrogens is 350 g/mol. The fourth-order valence-corrected chi connectivity index (χ4v) is 4.95. The lowest BCUT2D eigenvalue weighted by Gasteiger charge is -2.22. The third kappa shape index (κ3) is 5.56. The van der Waals surface area contributed by atoms with E-state index in [1.54, 1.807) is 23.1 Å². The van der Waals surface area contributed by atoms with Gasteiger partial charge >= 0.3 is 0 Å². The highest BCUT2D eigenvalue weighted by atomic mass is 32.2. The summed E-state index contributed by atoms with van der Waals surface area (Å²) in [6, 6.07) is 6.17. The van der Waals surface area contributed by atoms with Gasteiger partial charge in [0.05, 0.1) is 0 Å². The van der Waals surface area contributed by atoms with E-state index in [9.17, 15) is 4.79 Å². The van der Waals surface area contributed by atoms with Gasteiger partial charge in [0.1, 0.15) is 0 Å². The van der Waals surface area contributed by atoms with Crippen LogP contribution in [-0.2, 0) is 4.79 Å². The van der Waals surface area contributed by atoms with Crippen molar-refractivity contribution in [3.63, 3.8) is 0 Å². The molecule has 1 aromatic heterocycles. The zero-order valence-electron chi connectivity index (χ0n) is 14.8. The Morgan fingerprint density at radius 3 is 2.84 bits per heavy atom. The fourth-order valence-electron chi connectivity index (χ4n) is 3.04. The van der Waals surface area contributed by atoms with E-state index in [-0.39, 0.29) is 5.91 Å². The van der Waals surface area contributed by atoms with E-state index >= 15 is 0 Å². The van der Waals surface area contributed by atoms with Crippen molar-refractivity contribution in [2.75, 3.05) is 18.4 Å². The quantitative estimate of drug-likeness (QED) is 0.773. The molecule has 1 fully saturated rings. The Hall–Kier alpha value is -1.37. The first-order valence-electron chi connectivity index (χ1n) is 8.81. The first-order chi connectivity index (χ1) is 12.1. The van der Waals surface area contributed by atoms with E-state index in [4.69, 9.17) is 0 Å². The summed E-state index contributed by atoms with van der Waals surface area (Å²) in [5, 5.41) is 8.50. The highest BCUT2D eigenvalue weighted by Crippen LogP contribution is 2.32. The number of hydrogen-bond donors (Lipinski definition) is 2. The predicted molar refractivity (Wildman–Crippen MR) is 106 cm³/mol. The lowest BCUT2D eigenvalue weighted by atomic mass is 9.93. The Bertz CT molecular complexity index is 723. The molecule has 1 aliphatic rings. The number of carbonyl (C=O) groups excluding carboxylic acids is 1. The standard InChI is InChI=1S/C19H25N3OS2/c1-13-11-16(25-19-21-14(2)12-24-19)4-5-17(13)22-18(23)6-3-15-7-9-20-10-8-15/h4-5,11-12,15,20H,3,6-10H2,1-2H3,(H,22,23). The van der Waals surface area contributed by atoms with E-state index in [0.717, 1.165) is 45.7 Å². The summed E-state index contributed by atoms with van der Waals surface area (Å²) in [5.41, 5.74) is 3.06. The Balaban J connectivity index is 1.52. The summed E-state index contributed by atoms with van der Waals surface area (Å²) >= 11 is 3.33. The Morgan fingerprint density at radius 1 is 1.36 bits per heavy atom. The predicted octanol–water partition coefficient (Wildman–Crippen LogP) is 4.63. The molecule has 0 atom stereocenters. The summed E-state index contributed by atoms with van der Waals surface area (Å²) in [4.78, 5) is 17.9. The molecule has 134 valence electrons. The molecule has 0 saturated carbocycles. The molecule has 0 spiro atoms. The number of nitrogens with zero attached hydrogens (tertiary/aromatic N) is 1. The van der Waals surface area contributed by atoms with E-state index in [0.29, 0.717) is 12.3 Å². The summed E-state index contributed by atoms with van der Waals surface area (Å²) < 4.78 is 1.05. The van der Waals surface area contributed by atoms with Crippen LogP contribution >= 0.6 is 23.1 Å². The van der Waals surface area contributed by atoms with E-state index in [1.165, 1.54) is 12.8 Å². The number of piperidine rings is 1. The third-order valence-corrected chi connectivity index (χ3v) is 6.56. The van der Waals surface area contributed by atoms with Crippen molar-refractivity contribution in [3.8, 4) is 0 Å². The van der Waals surface area contributed by atoms with Gasteiger partial charge in [-0.05, 0) is 75.9 Å². The van der Waals surface area contributed by atoms with Gasteiger partial charge in [-0.25, -0.2) is 4.98 Å². The highest BCUT2D eigenvalue weighted by molar-refractivity contribution is 8.01. The molecule has 2 N–H and O–H groups in total. The van der Waals surface area contributed by atoms with Gasteiger partial charge in [-0.2, -0.15) is 0 Å².